The molecule has 1 aliphatic rings. The molecule has 0 spiro atoms. The summed E-state index contributed by atoms with van der Waals surface area (Å²) in [6.45, 7) is 0.691. The molecule has 0 bridgehead atoms. The first-order valence-electron chi connectivity index (χ1n) is 8.76. The zero-order valence-corrected chi connectivity index (χ0v) is 15.7. The predicted octanol–water partition coefficient (Wildman–Crippen LogP) is 2.41. The quantitative estimate of drug-likeness (QED) is 0.773. The normalized spacial score (nSPS) is 13.2. The molecule has 0 atom stereocenters. The van der Waals surface area contributed by atoms with Crippen molar-refractivity contribution in [3.63, 3.8) is 0 Å². The molecule has 0 saturated carbocycles. The lowest BCUT2D eigenvalue weighted by Gasteiger charge is -2.16. The molecule has 8 heteroatoms. The first-order valence-corrected chi connectivity index (χ1v) is 8.76. The molecule has 0 aliphatic carbocycles. The smallest absolute Gasteiger partial charge is 0.314 e. The number of ether oxygens (including phenoxy) is 2. The van der Waals surface area contributed by atoms with Crippen molar-refractivity contribution in [2.45, 2.75) is 12.8 Å². The summed E-state index contributed by atoms with van der Waals surface area (Å²) < 4.78 is 10.3. The highest BCUT2D eigenvalue weighted by Gasteiger charge is 2.22. The van der Waals surface area contributed by atoms with Crippen molar-refractivity contribution in [3.8, 4) is 11.5 Å². The Balaban J connectivity index is 1.63. The van der Waals surface area contributed by atoms with E-state index in [-0.39, 0.29) is 5.91 Å². The van der Waals surface area contributed by atoms with Gasteiger partial charge < -0.3 is 25.0 Å². The van der Waals surface area contributed by atoms with Gasteiger partial charge in [0, 0.05) is 30.4 Å². The van der Waals surface area contributed by atoms with E-state index in [0.29, 0.717) is 35.8 Å². The number of hydrogen-bond acceptors (Lipinski definition) is 5. The summed E-state index contributed by atoms with van der Waals surface area (Å²) in [5, 5.41) is 5.04. The van der Waals surface area contributed by atoms with E-state index in [4.69, 9.17) is 9.47 Å². The highest BCUT2D eigenvalue weighted by Crippen LogP contribution is 2.29. The lowest BCUT2D eigenvalue weighted by atomic mass is 10.2. The number of anilines is 3. The zero-order chi connectivity index (χ0) is 20.1. The van der Waals surface area contributed by atoms with Gasteiger partial charge in [0.1, 0.15) is 11.5 Å². The number of amides is 3. The molecule has 28 heavy (non-hydrogen) atoms. The number of nitrogens with one attached hydrogen (secondary N) is 2. The second-order valence-electron chi connectivity index (χ2n) is 6.17. The fourth-order valence-corrected chi connectivity index (χ4v) is 2.91. The molecule has 2 N–H and O–H groups in total. The largest absolute Gasteiger partial charge is 0.497 e. The highest BCUT2D eigenvalue weighted by molar-refractivity contribution is 6.43. The van der Waals surface area contributed by atoms with Gasteiger partial charge in [-0.15, -0.1) is 0 Å². The molecule has 146 valence electrons. The summed E-state index contributed by atoms with van der Waals surface area (Å²) in [6.07, 6.45) is 1.39. The van der Waals surface area contributed by atoms with E-state index in [1.165, 1.54) is 14.2 Å². The molecule has 8 nitrogen and oxygen atoms in total. The first kappa shape index (κ1) is 19.2. The van der Waals surface area contributed by atoms with Gasteiger partial charge >= 0.3 is 11.8 Å². The van der Waals surface area contributed by atoms with Crippen LogP contribution in [0.2, 0.25) is 0 Å². The standard InChI is InChI=1S/C20H21N3O5/c1-27-15-9-10-16(17(12-15)28-2)22-20(26)19(25)21-13-5-7-14(8-6-13)23-11-3-4-18(23)24/h5-10,12H,3-4,11H2,1-2H3,(H,21,25)(H,22,26). The summed E-state index contributed by atoms with van der Waals surface area (Å²) in [4.78, 5) is 37.9. The van der Waals surface area contributed by atoms with Crippen molar-refractivity contribution in [3.05, 3.63) is 42.5 Å². The van der Waals surface area contributed by atoms with Crippen LogP contribution in [-0.2, 0) is 14.4 Å². The number of methoxy groups -OCH3 is 2. The Morgan fingerprint density at radius 3 is 2.29 bits per heavy atom. The van der Waals surface area contributed by atoms with Gasteiger partial charge in [-0.05, 0) is 42.8 Å². The molecule has 0 radical (unpaired) electrons. The van der Waals surface area contributed by atoms with Crippen molar-refractivity contribution < 1.29 is 23.9 Å². The Morgan fingerprint density at radius 1 is 0.964 bits per heavy atom. The summed E-state index contributed by atoms with van der Waals surface area (Å²) in [6, 6.07) is 11.6. The van der Waals surface area contributed by atoms with Crippen LogP contribution in [0.3, 0.4) is 0 Å². The van der Waals surface area contributed by atoms with E-state index in [1.807, 2.05) is 0 Å². The van der Waals surface area contributed by atoms with Gasteiger partial charge in [-0.1, -0.05) is 0 Å². The Hall–Kier alpha value is -3.55. The van der Waals surface area contributed by atoms with Gasteiger partial charge in [-0.2, -0.15) is 0 Å². The van der Waals surface area contributed by atoms with E-state index >= 15 is 0 Å². The van der Waals surface area contributed by atoms with Crippen molar-refractivity contribution >= 4 is 34.8 Å². The summed E-state index contributed by atoms with van der Waals surface area (Å²) in [5.74, 6) is -0.620. The van der Waals surface area contributed by atoms with E-state index in [1.54, 1.807) is 47.4 Å². The maximum Gasteiger partial charge on any atom is 0.314 e. The van der Waals surface area contributed by atoms with Gasteiger partial charge in [0.15, 0.2) is 0 Å². The fraction of sp³-hybridized carbons (Fsp3) is 0.250. The average Bonchev–Trinajstić information content (AvgIpc) is 3.14. The second-order valence-corrected chi connectivity index (χ2v) is 6.17. The summed E-state index contributed by atoms with van der Waals surface area (Å²) >= 11 is 0. The fourth-order valence-electron chi connectivity index (χ4n) is 2.91. The third-order valence-electron chi connectivity index (χ3n) is 4.37. The second kappa shape index (κ2) is 8.43. The van der Waals surface area contributed by atoms with E-state index < -0.39 is 11.8 Å². The van der Waals surface area contributed by atoms with Crippen LogP contribution in [0.25, 0.3) is 0 Å². The van der Waals surface area contributed by atoms with Crippen LogP contribution in [0.5, 0.6) is 11.5 Å². The van der Waals surface area contributed by atoms with E-state index in [0.717, 1.165) is 12.1 Å². The molecule has 3 rings (SSSR count). The monoisotopic (exact) mass is 383 g/mol. The van der Waals surface area contributed by atoms with Gasteiger partial charge in [0.2, 0.25) is 5.91 Å². The maximum atomic E-state index is 12.2. The lowest BCUT2D eigenvalue weighted by Crippen LogP contribution is -2.29. The Morgan fingerprint density at radius 2 is 1.68 bits per heavy atom. The molecule has 1 fully saturated rings. The molecular formula is C20H21N3O5. The SMILES string of the molecule is COc1ccc(NC(=O)C(=O)Nc2ccc(N3CCCC3=O)cc2)c(OC)c1. The van der Waals surface area contributed by atoms with Crippen LogP contribution in [-0.4, -0.2) is 38.5 Å². The van der Waals surface area contributed by atoms with Gasteiger partial charge in [-0.25, -0.2) is 0 Å². The van der Waals surface area contributed by atoms with Crippen molar-refractivity contribution in [2.24, 2.45) is 0 Å². The van der Waals surface area contributed by atoms with Crippen LogP contribution in [0.4, 0.5) is 17.1 Å². The minimum Gasteiger partial charge on any atom is -0.497 e. The molecule has 0 aromatic heterocycles. The number of hydrogen-bond donors (Lipinski definition) is 2. The Kier molecular flexibility index (Phi) is 5.78. The maximum absolute atomic E-state index is 12.2. The number of carbonyl (C=O) groups is 3. The zero-order valence-electron chi connectivity index (χ0n) is 15.7. The van der Waals surface area contributed by atoms with Crippen LogP contribution in [0, 0.1) is 0 Å². The third kappa shape index (κ3) is 4.22. The molecule has 3 amide bonds. The number of nitrogens with zero attached hydrogens (tertiary/aromatic N) is 1. The van der Waals surface area contributed by atoms with E-state index in [2.05, 4.69) is 10.6 Å². The Bertz CT molecular complexity index is 895. The van der Waals surface area contributed by atoms with Gasteiger partial charge in [0.05, 0.1) is 19.9 Å². The Labute approximate surface area is 162 Å². The van der Waals surface area contributed by atoms with Crippen LogP contribution >= 0.6 is 0 Å². The van der Waals surface area contributed by atoms with Gasteiger partial charge in [0.25, 0.3) is 0 Å². The average molecular weight is 383 g/mol. The van der Waals surface area contributed by atoms with Crippen LogP contribution in [0.15, 0.2) is 42.5 Å². The molecular weight excluding hydrogens is 362 g/mol. The predicted molar refractivity (Wildman–Crippen MR) is 105 cm³/mol. The van der Waals surface area contributed by atoms with Crippen molar-refractivity contribution in [1.29, 1.82) is 0 Å². The molecule has 0 unspecified atom stereocenters. The molecule has 2 aromatic carbocycles. The number of rotatable bonds is 5. The molecule has 1 saturated heterocycles. The van der Waals surface area contributed by atoms with Crippen LogP contribution < -0.4 is 25.0 Å². The summed E-state index contributed by atoms with van der Waals surface area (Å²) in [7, 11) is 2.97. The van der Waals surface area contributed by atoms with Crippen molar-refractivity contribution in [2.75, 3.05) is 36.3 Å². The lowest BCUT2D eigenvalue weighted by molar-refractivity contribution is -0.133. The van der Waals surface area contributed by atoms with Crippen molar-refractivity contribution in [1.82, 2.24) is 0 Å². The number of benzene rings is 2. The summed E-state index contributed by atoms with van der Waals surface area (Å²) in [5.41, 5.74) is 1.58. The highest BCUT2D eigenvalue weighted by atomic mass is 16.5. The van der Waals surface area contributed by atoms with E-state index in [9.17, 15) is 14.4 Å². The topological polar surface area (TPSA) is 97.0 Å². The van der Waals surface area contributed by atoms with Gasteiger partial charge in [-0.3, -0.25) is 14.4 Å². The minimum atomic E-state index is -0.831. The third-order valence-corrected chi connectivity index (χ3v) is 4.37. The number of carbonyl (C=O) groups excluding carboxylic acids is 3. The first-order chi connectivity index (χ1) is 13.5. The molecule has 2 aromatic rings. The minimum absolute atomic E-state index is 0.0876. The molecule has 1 heterocycles. The van der Waals surface area contributed by atoms with Crippen LogP contribution in [0.1, 0.15) is 12.8 Å². The molecule has 1 aliphatic heterocycles.